The van der Waals surface area contributed by atoms with Gasteiger partial charge in [0.1, 0.15) is 0 Å². The number of carbonyl (C=O) groups excluding carboxylic acids is 1. The van der Waals surface area contributed by atoms with Crippen LogP contribution in [0, 0.1) is 0 Å². The standard InChI is InChI=1S/C14H14N2O.C2H6/c17-14-10-15-8-9-16(14)13-7-3-5-11-4-1-2-6-12(11)13;1-2/h1-7,15H,8-10H2;1-2H3. The maximum Gasteiger partial charge on any atom is 0.241 e. The number of hydrogen-bond donors (Lipinski definition) is 1. The molecule has 100 valence electrons. The number of anilines is 1. The van der Waals surface area contributed by atoms with Crippen LogP contribution in [0.4, 0.5) is 5.69 Å². The highest BCUT2D eigenvalue weighted by Gasteiger charge is 2.20. The average Bonchev–Trinajstić information content (AvgIpc) is 2.49. The van der Waals surface area contributed by atoms with Crippen LogP contribution in [0.2, 0.25) is 0 Å². The quantitative estimate of drug-likeness (QED) is 0.851. The molecule has 0 atom stereocenters. The molecule has 2 aromatic rings. The molecule has 1 saturated heterocycles. The minimum atomic E-state index is 0.146. The third-order valence-electron chi connectivity index (χ3n) is 3.15. The zero-order chi connectivity index (χ0) is 13.7. The van der Waals surface area contributed by atoms with Gasteiger partial charge in [0.05, 0.1) is 12.2 Å². The van der Waals surface area contributed by atoms with Crippen LogP contribution in [-0.4, -0.2) is 25.5 Å². The van der Waals surface area contributed by atoms with E-state index < -0.39 is 0 Å². The maximum atomic E-state index is 11.9. The van der Waals surface area contributed by atoms with E-state index in [1.807, 2.05) is 43.0 Å². The van der Waals surface area contributed by atoms with Gasteiger partial charge in [-0.3, -0.25) is 4.79 Å². The van der Waals surface area contributed by atoms with Crippen LogP contribution < -0.4 is 10.2 Å². The Balaban J connectivity index is 0.000000637. The molecule has 0 aliphatic carbocycles. The SMILES string of the molecule is CC.O=C1CNCCN1c1cccc2ccccc12. The highest BCUT2D eigenvalue weighted by molar-refractivity contribution is 6.04. The molecule has 1 aliphatic rings. The second-order valence-electron chi connectivity index (χ2n) is 4.22. The van der Waals surface area contributed by atoms with Crippen molar-refractivity contribution in [3.05, 3.63) is 42.5 Å². The van der Waals surface area contributed by atoms with Crippen LogP contribution >= 0.6 is 0 Å². The van der Waals surface area contributed by atoms with E-state index in [1.165, 1.54) is 5.39 Å². The van der Waals surface area contributed by atoms with Crippen LogP contribution in [0.25, 0.3) is 10.8 Å². The second kappa shape index (κ2) is 6.34. The van der Waals surface area contributed by atoms with E-state index in [4.69, 9.17) is 0 Å². The molecule has 1 heterocycles. The van der Waals surface area contributed by atoms with E-state index in [0.717, 1.165) is 24.2 Å². The van der Waals surface area contributed by atoms with E-state index in [0.29, 0.717) is 6.54 Å². The van der Waals surface area contributed by atoms with Crippen molar-refractivity contribution in [1.82, 2.24) is 5.32 Å². The van der Waals surface area contributed by atoms with Crippen LogP contribution in [0.1, 0.15) is 13.8 Å². The van der Waals surface area contributed by atoms with E-state index in [1.54, 1.807) is 0 Å². The van der Waals surface area contributed by atoms with Crippen molar-refractivity contribution >= 4 is 22.4 Å². The van der Waals surface area contributed by atoms with Crippen molar-refractivity contribution in [2.24, 2.45) is 0 Å². The Kier molecular flexibility index (Phi) is 4.53. The van der Waals surface area contributed by atoms with Crippen molar-refractivity contribution in [1.29, 1.82) is 0 Å². The Labute approximate surface area is 114 Å². The van der Waals surface area contributed by atoms with Crippen LogP contribution in [0.5, 0.6) is 0 Å². The van der Waals surface area contributed by atoms with E-state index in [2.05, 4.69) is 23.5 Å². The molecular weight excluding hydrogens is 236 g/mol. The normalized spacial score (nSPS) is 15.1. The van der Waals surface area contributed by atoms with Crippen LogP contribution in [0.15, 0.2) is 42.5 Å². The number of carbonyl (C=O) groups is 1. The minimum Gasteiger partial charge on any atom is -0.309 e. The fourth-order valence-electron chi connectivity index (χ4n) is 2.30. The predicted octanol–water partition coefficient (Wildman–Crippen LogP) is 2.80. The van der Waals surface area contributed by atoms with Gasteiger partial charge in [-0.15, -0.1) is 0 Å². The Morgan fingerprint density at radius 3 is 2.58 bits per heavy atom. The summed E-state index contributed by atoms with van der Waals surface area (Å²) in [6.07, 6.45) is 0. The summed E-state index contributed by atoms with van der Waals surface area (Å²) in [4.78, 5) is 13.8. The van der Waals surface area contributed by atoms with Gasteiger partial charge in [-0.25, -0.2) is 0 Å². The highest BCUT2D eigenvalue weighted by atomic mass is 16.2. The lowest BCUT2D eigenvalue weighted by Gasteiger charge is -2.28. The first-order valence-corrected chi connectivity index (χ1v) is 6.85. The molecule has 0 aromatic heterocycles. The molecule has 19 heavy (non-hydrogen) atoms. The van der Waals surface area contributed by atoms with Gasteiger partial charge in [0.15, 0.2) is 0 Å². The molecule has 1 aliphatic heterocycles. The third kappa shape index (κ3) is 2.76. The molecule has 3 heteroatoms. The first-order valence-electron chi connectivity index (χ1n) is 6.85. The molecule has 0 radical (unpaired) electrons. The Bertz CT molecular complexity index is 560. The summed E-state index contributed by atoms with van der Waals surface area (Å²) >= 11 is 0. The fraction of sp³-hybridized carbons (Fsp3) is 0.312. The Hall–Kier alpha value is -1.87. The summed E-state index contributed by atoms with van der Waals surface area (Å²) in [6, 6.07) is 14.3. The summed E-state index contributed by atoms with van der Waals surface area (Å²) in [5.74, 6) is 0.146. The van der Waals surface area contributed by atoms with E-state index in [-0.39, 0.29) is 5.91 Å². The molecule has 1 N–H and O–H groups in total. The van der Waals surface area contributed by atoms with E-state index >= 15 is 0 Å². The lowest BCUT2D eigenvalue weighted by Crippen LogP contribution is -2.48. The minimum absolute atomic E-state index is 0.146. The van der Waals surface area contributed by atoms with Gasteiger partial charge in [0, 0.05) is 18.5 Å². The van der Waals surface area contributed by atoms with Crippen LogP contribution in [-0.2, 0) is 4.79 Å². The number of rotatable bonds is 1. The van der Waals surface area contributed by atoms with E-state index in [9.17, 15) is 4.79 Å². The number of amides is 1. The largest absolute Gasteiger partial charge is 0.309 e. The van der Waals surface area contributed by atoms with Crippen molar-refractivity contribution in [3.63, 3.8) is 0 Å². The first kappa shape index (κ1) is 13.6. The molecule has 0 bridgehead atoms. The predicted molar refractivity (Wildman–Crippen MR) is 80.5 cm³/mol. The van der Waals surface area contributed by atoms with Crippen LogP contribution in [0.3, 0.4) is 0 Å². The van der Waals surface area contributed by atoms with Crippen molar-refractivity contribution in [2.45, 2.75) is 13.8 Å². The second-order valence-corrected chi connectivity index (χ2v) is 4.22. The number of benzene rings is 2. The number of hydrogen-bond acceptors (Lipinski definition) is 2. The summed E-state index contributed by atoms with van der Waals surface area (Å²) < 4.78 is 0. The smallest absolute Gasteiger partial charge is 0.241 e. The molecule has 3 nitrogen and oxygen atoms in total. The van der Waals surface area contributed by atoms with Gasteiger partial charge in [-0.05, 0) is 11.5 Å². The molecule has 0 spiro atoms. The van der Waals surface area contributed by atoms with Gasteiger partial charge < -0.3 is 10.2 Å². The van der Waals surface area contributed by atoms with Crippen molar-refractivity contribution in [2.75, 3.05) is 24.5 Å². The summed E-state index contributed by atoms with van der Waals surface area (Å²) in [7, 11) is 0. The molecule has 1 amide bonds. The van der Waals surface area contributed by atoms with Crippen molar-refractivity contribution in [3.8, 4) is 0 Å². The number of fused-ring (bicyclic) bond motifs is 1. The Morgan fingerprint density at radius 2 is 1.79 bits per heavy atom. The topological polar surface area (TPSA) is 32.3 Å². The maximum absolute atomic E-state index is 11.9. The molecular formula is C16H20N2O. The average molecular weight is 256 g/mol. The summed E-state index contributed by atoms with van der Waals surface area (Å²) in [5.41, 5.74) is 1.02. The number of piperazine rings is 1. The molecule has 0 saturated carbocycles. The number of nitrogens with one attached hydrogen (secondary N) is 1. The van der Waals surface area contributed by atoms with Gasteiger partial charge >= 0.3 is 0 Å². The molecule has 2 aromatic carbocycles. The lowest BCUT2D eigenvalue weighted by atomic mass is 10.1. The highest BCUT2D eigenvalue weighted by Crippen LogP contribution is 2.26. The third-order valence-corrected chi connectivity index (χ3v) is 3.15. The van der Waals surface area contributed by atoms with Gasteiger partial charge in [0.2, 0.25) is 5.91 Å². The first-order chi connectivity index (χ1) is 9.36. The van der Waals surface area contributed by atoms with Gasteiger partial charge in [-0.1, -0.05) is 50.2 Å². The van der Waals surface area contributed by atoms with Gasteiger partial charge in [0.25, 0.3) is 0 Å². The zero-order valence-corrected chi connectivity index (χ0v) is 11.5. The Morgan fingerprint density at radius 1 is 1.05 bits per heavy atom. The summed E-state index contributed by atoms with van der Waals surface area (Å²) in [5, 5.41) is 5.41. The molecule has 3 rings (SSSR count). The summed E-state index contributed by atoms with van der Waals surface area (Å²) in [6.45, 7) is 6.03. The number of nitrogens with zero attached hydrogens (tertiary/aromatic N) is 1. The molecule has 1 fully saturated rings. The van der Waals surface area contributed by atoms with Crippen molar-refractivity contribution < 1.29 is 4.79 Å². The monoisotopic (exact) mass is 256 g/mol. The van der Waals surface area contributed by atoms with Gasteiger partial charge in [-0.2, -0.15) is 0 Å². The molecule has 0 unspecified atom stereocenters. The lowest BCUT2D eigenvalue weighted by molar-refractivity contribution is -0.118. The fourth-order valence-corrected chi connectivity index (χ4v) is 2.30. The zero-order valence-electron chi connectivity index (χ0n) is 11.5.